The second kappa shape index (κ2) is 6.34. The van der Waals surface area contributed by atoms with Crippen LogP contribution in [0, 0.1) is 6.92 Å². The van der Waals surface area contributed by atoms with E-state index in [4.69, 9.17) is 15.4 Å². The van der Waals surface area contributed by atoms with Crippen LogP contribution in [0.25, 0.3) is 0 Å². The number of hydrogen-bond donors (Lipinski definition) is 1. The first kappa shape index (κ1) is 16.3. The summed E-state index contributed by atoms with van der Waals surface area (Å²) < 4.78 is 28.4. The second-order valence-electron chi connectivity index (χ2n) is 5.29. The van der Waals surface area contributed by atoms with Gasteiger partial charge in [-0.2, -0.15) is 0 Å². The Morgan fingerprint density at radius 2 is 2.14 bits per heavy atom. The Hall–Kier alpha value is -1.11. The SMILES string of the molecule is Cc1ccc(C(=O)NC2CCOC(C)C2)cc1S(=O)(=O)Cl. The van der Waals surface area contributed by atoms with Gasteiger partial charge in [0.25, 0.3) is 15.0 Å². The summed E-state index contributed by atoms with van der Waals surface area (Å²) in [5.41, 5.74) is 0.806. The maximum absolute atomic E-state index is 12.2. The van der Waals surface area contributed by atoms with Gasteiger partial charge in [-0.3, -0.25) is 4.79 Å². The highest BCUT2D eigenvalue weighted by Crippen LogP contribution is 2.21. The molecule has 1 fully saturated rings. The van der Waals surface area contributed by atoms with Crippen LogP contribution in [0.3, 0.4) is 0 Å². The van der Waals surface area contributed by atoms with Gasteiger partial charge in [0.2, 0.25) is 0 Å². The highest BCUT2D eigenvalue weighted by Gasteiger charge is 2.22. The van der Waals surface area contributed by atoms with Gasteiger partial charge in [-0.05, 0) is 44.4 Å². The zero-order valence-corrected chi connectivity index (χ0v) is 13.5. The zero-order valence-electron chi connectivity index (χ0n) is 11.9. The van der Waals surface area contributed by atoms with Crippen LogP contribution < -0.4 is 5.32 Å². The fraction of sp³-hybridized carbons (Fsp3) is 0.500. The van der Waals surface area contributed by atoms with E-state index in [1.807, 2.05) is 6.92 Å². The standard InChI is InChI=1S/C14H18ClNO4S/c1-9-3-4-11(8-13(9)21(15,18)19)14(17)16-12-5-6-20-10(2)7-12/h3-4,8,10,12H,5-7H2,1-2H3,(H,16,17). The van der Waals surface area contributed by atoms with Crippen molar-refractivity contribution in [2.75, 3.05) is 6.61 Å². The third kappa shape index (κ3) is 4.18. The van der Waals surface area contributed by atoms with Crippen LogP contribution in [0.5, 0.6) is 0 Å². The van der Waals surface area contributed by atoms with Crippen LogP contribution in [-0.2, 0) is 13.8 Å². The monoisotopic (exact) mass is 331 g/mol. The Morgan fingerprint density at radius 3 is 2.76 bits per heavy atom. The molecule has 0 aliphatic carbocycles. The molecule has 0 spiro atoms. The minimum absolute atomic E-state index is 0.0304. The number of amides is 1. The lowest BCUT2D eigenvalue weighted by Gasteiger charge is -2.28. The summed E-state index contributed by atoms with van der Waals surface area (Å²) in [6.45, 7) is 4.21. The Morgan fingerprint density at radius 1 is 1.43 bits per heavy atom. The Kier molecular flexibility index (Phi) is 4.91. The minimum atomic E-state index is -3.86. The van der Waals surface area contributed by atoms with Crippen LogP contribution in [0.2, 0.25) is 0 Å². The molecule has 1 amide bonds. The van der Waals surface area contributed by atoms with Crippen LogP contribution in [0.1, 0.15) is 35.7 Å². The third-order valence-electron chi connectivity index (χ3n) is 3.53. The number of carbonyl (C=O) groups is 1. The van der Waals surface area contributed by atoms with Crippen molar-refractivity contribution in [1.82, 2.24) is 5.32 Å². The quantitative estimate of drug-likeness (QED) is 0.862. The number of benzene rings is 1. The van der Waals surface area contributed by atoms with Gasteiger partial charge in [0, 0.05) is 28.9 Å². The first-order valence-electron chi connectivity index (χ1n) is 6.75. The molecular formula is C14H18ClNO4S. The van der Waals surface area contributed by atoms with E-state index < -0.39 is 9.05 Å². The van der Waals surface area contributed by atoms with Crippen LogP contribution in [0.15, 0.2) is 23.1 Å². The number of ether oxygens (including phenoxy) is 1. The van der Waals surface area contributed by atoms with Gasteiger partial charge in [0.05, 0.1) is 11.0 Å². The van der Waals surface area contributed by atoms with Crippen molar-refractivity contribution in [2.45, 2.75) is 43.7 Å². The van der Waals surface area contributed by atoms with Crippen LogP contribution >= 0.6 is 10.7 Å². The van der Waals surface area contributed by atoms with Crippen LogP contribution in [-0.4, -0.2) is 33.1 Å². The molecule has 5 nitrogen and oxygen atoms in total. The van der Waals surface area contributed by atoms with E-state index >= 15 is 0 Å². The predicted octanol–water partition coefficient (Wildman–Crippen LogP) is 2.22. The topological polar surface area (TPSA) is 72.5 Å². The summed E-state index contributed by atoms with van der Waals surface area (Å²) in [5, 5.41) is 2.91. The number of hydrogen-bond acceptors (Lipinski definition) is 4. The molecule has 7 heteroatoms. The largest absolute Gasteiger partial charge is 0.378 e. The Balaban J connectivity index is 2.16. The molecule has 0 radical (unpaired) electrons. The highest BCUT2D eigenvalue weighted by atomic mass is 35.7. The molecule has 0 aromatic heterocycles. The van der Waals surface area contributed by atoms with Gasteiger partial charge in [-0.15, -0.1) is 0 Å². The number of halogens is 1. The Labute approximate surface area is 129 Å². The van der Waals surface area contributed by atoms with E-state index in [2.05, 4.69) is 5.32 Å². The van der Waals surface area contributed by atoms with Gasteiger partial charge >= 0.3 is 0 Å². The van der Waals surface area contributed by atoms with Gasteiger partial charge in [0.1, 0.15) is 0 Å². The molecule has 1 aromatic carbocycles. The molecule has 1 aromatic rings. The number of aryl methyl sites for hydroxylation is 1. The number of carbonyl (C=O) groups excluding carboxylic acids is 1. The van der Waals surface area contributed by atoms with E-state index in [0.717, 1.165) is 12.8 Å². The first-order chi connectivity index (χ1) is 9.77. The lowest BCUT2D eigenvalue weighted by Crippen LogP contribution is -2.41. The highest BCUT2D eigenvalue weighted by molar-refractivity contribution is 8.13. The van der Waals surface area contributed by atoms with Gasteiger partial charge in [0.15, 0.2) is 0 Å². The molecule has 1 aliphatic rings. The van der Waals surface area contributed by atoms with E-state index in [0.29, 0.717) is 17.7 Å². The van der Waals surface area contributed by atoms with Gasteiger partial charge < -0.3 is 10.1 Å². The van der Waals surface area contributed by atoms with Crippen molar-refractivity contribution in [2.24, 2.45) is 0 Å². The molecule has 116 valence electrons. The van der Waals surface area contributed by atoms with Crippen molar-refractivity contribution < 1.29 is 17.9 Å². The predicted molar refractivity (Wildman–Crippen MR) is 80.1 cm³/mol. The summed E-state index contributed by atoms with van der Waals surface area (Å²) in [6, 6.07) is 4.53. The average Bonchev–Trinajstić information content (AvgIpc) is 2.37. The third-order valence-corrected chi connectivity index (χ3v) is 5.00. The molecule has 2 atom stereocenters. The van der Waals surface area contributed by atoms with E-state index in [1.165, 1.54) is 6.07 Å². The molecule has 2 unspecified atom stereocenters. The normalized spacial score (nSPS) is 22.8. The fourth-order valence-electron chi connectivity index (χ4n) is 2.40. The molecule has 1 saturated heterocycles. The summed E-state index contributed by atoms with van der Waals surface area (Å²) in [6.07, 6.45) is 1.61. The molecule has 2 rings (SSSR count). The van der Waals surface area contributed by atoms with Crippen molar-refractivity contribution in [3.63, 3.8) is 0 Å². The van der Waals surface area contributed by atoms with E-state index in [-0.39, 0.29) is 22.9 Å². The molecular weight excluding hydrogens is 314 g/mol. The van der Waals surface area contributed by atoms with E-state index in [9.17, 15) is 13.2 Å². The number of nitrogens with one attached hydrogen (secondary N) is 1. The summed E-state index contributed by atoms with van der Waals surface area (Å²) in [4.78, 5) is 12.2. The summed E-state index contributed by atoms with van der Waals surface area (Å²) in [7, 11) is 1.52. The molecule has 0 saturated carbocycles. The fourth-order valence-corrected chi connectivity index (χ4v) is 3.62. The minimum Gasteiger partial charge on any atom is -0.378 e. The lowest BCUT2D eigenvalue weighted by atomic mass is 10.0. The maximum Gasteiger partial charge on any atom is 0.261 e. The van der Waals surface area contributed by atoms with Gasteiger partial charge in [-0.25, -0.2) is 8.42 Å². The second-order valence-corrected chi connectivity index (χ2v) is 7.83. The average molecular weight is 332 g/mol. The lowest BCUT2D eigenvalue weighted by molar-refractivity contribution is 0.0136. The zero-order chi connectivity index (χ0) is 15.6. The molecule has 0 bridgehead atoms. The van der Waals surface area contributed by atoms with E-state index in [1.54, 1.807) is 19.1 Å². The summed E-state index contributed by atoms with van der Waals surface area (Å²) >= 11 is 0. The van der Waals surface area contributed by atoms with Crippen molar-refractivity contribution in [1.29, 1.82) is 0 Å². The molecule has 1 heterocycles. The van der Waals surface area contributed by atoms with Crippen LogP contribution in [0.4, 0.5) is 0 Å². The summed E-state index contributed by atoms with van der Waals surface area (Å²) in [5.74, 6) is -0.296. The van der Waals surface area contributed by atoms with Gasteiger partial charge in [-0.1, -0.05) is 6.07 Å². The smallest absolute Gasteiger partial charge is 0.261 e. The van der Waals surface area contributed by atoms with Crippen molar-refractivity contribution >= 4 is 25.6 Å². The first-order valence-corrected chi connectivity index (χ1v) is 9.06. The molecule has 21 heavy (non-hydrogen) atoms. The number of rotatable bonds is 3. The Bertz CT molecular complexity index is 644. The maximum atomic E-state index is 12.2. The molecule has 1 aliphatic heterocycles. The van der Waals surface area contributed by atoms with Crippen molar-refractivity contribution in [3.8, 4) is 0 Å². The van der Waals surface area contributed by atoms with Crippen molar-refractivity contribution in [3.05, 3.63) is 29.3 Å². The molecule has 1 N–H and O–H groups in total.